The van der Waals surface area contributed by atoms with Crippen LogP contribution in [0.4, 0.5) is 0 Å². The van der Waals surface area contributed by atoms with Gasteiger partial charge in [0.15, 0.2) is 0 Å². The maximum absolute atomic E-state index is 4.78. The van der Waals surface area contributed by atoms with Gasteiger partial charge in [-0.1, -0.05) is 24.3 Å². The maximum Gasteiger partial charge on any atom is 0.0886 e. The van der Waals surface area contributed by atoms with Crippen LogP contribution in [0.3, 0.4) is 0 Å². The fourth-order valence-corrected chi connectivity index (χ4v) is 6.03. The molecule has 6 nitrogen and oxygen atoms in total. The van der Waals surface area contributed by atoms with Gasteiger partial charge in [-0.25, -0.2) is 0 Å². The summed E-state index contributed by atoms with van der Waals surface area (Å²) >= 11 is 1.69. The standard InChI is InChI=1S/C34H22N6S/c1-5-17-35-25(9-1)27-15-13-23(21-39-27)33-31(29-11-3-7-19-37-29)32(30-12-4-8-20-38-30)34(41-33)24-14-16-28(40-22-24)26-10-2-6-18-36-26/h1-22H. The molecule has 7 heterocycles. The third-order valence-electron chi connectivity index (χ3n) is 6.66. The molecule has 0 spiro atoms. The molecule has 0 N–H and O–H groups in total. The summed E-state index contributed by atoms with van der Waals surface area (Å²) in [7, 11) is 0. The van der Waals surface area contributed by atoms with Crippen molar-refractivity contribution in [2.45, 2.75) is 0 Å². The lowest BCUT2D eigenvalue weighted by Gasteiger charge is -2.09. The summed E-state index contributed by atoms with van der Waals surface area (Å²) in [5, 5.41) is 0. The van der Waals surface area contributed by atoms with Crippen molar-refractivity contribution in [1.29, 1.82) is 0 Å². The minimum atomic E-state index is 0.824. The molecule has 194 valence electrons. The van der Waals surface area contributed by atoms with Gasteiger partial charge in [0.1, 0.15) is 0 Å². The maximum atomic E-state index is 4.78. The first-order valence-electron chi connectivity index (χ1n) is 13.1. The van der Waals surface area contributed by atoms with Crippen molar-refractivity contribution in [3.8, 4) is 66.2 Å². The molecular weight excluding hydrogens is 524 g/mol. The highest BCUT2D eigenvalue weighted by atomic mass is 32.1. The second kappa shape index (κ2) is 11.0. The van der Waals surface area contributed by atoms with Gasteiger partial charge in [-0.3, -0.25) is 29.9 Å². The molecule has 0 radical (unpaired) electrons. The highest BCUT2D eigenvalue weighted by Gasteiger charge is 2.25. The summed E-state index contributed by atoms with van der Waals surface area (Å²) in [6.45, 7) is 0. The fourth-order valence-electron chi connectivity index (χ4n) is 4.74. The molecule has 7 aromatic heterocycles. The summed E-state index contributed by atoms with van der Waals surface area (Å²) < 4.78 is 0. The van der Waals surface area contributed by atoms with Gasteiger partial charge in [0.05, 0.1) is 34.2 Å². The second-order valence-electron chi connectivity index (χ2n) is 9.23. The Morgan fingerprint density at radius 3 is 1.02 bits per heavy atom. The van der Waals surface area contributed by atoms with Crippen LogP contribution in [-0.2, 0) is 0 Å². The molecule has 7 heteroatoms. The number of pyridine rings is 6. The Morgan fingerprint density at radius 1 is 0.341 bits per heavy atom. The SMILES string of the molecule is c1ccc(-c2ccc(-c3sc(-c4ccc(-c5ccccn5)nc4)c(-c4ccccn4)c3-c3ccccn3)cn2)nc1. The molecule has 7 rings (SSSR count). The summed E-state index contributed by atoms with van der Waals surface area (Å²) in [6.07, 6.45) is 11.0. The molecule has 0 atom stereocenters. The lowest BCUT2D eigenvalue weighted by atomic mass is 9.97. The first-order valence-corrected chi connectivity index (χ1v) is 13.9. The topological polar surface area (TPSA) is 77.3 Å². The Morgan fingerprint density at radius 2 is 0.707 bits per heavy atom. The van der Waals surface area contributed by atoms with E-state index >= 15 is 0 Å². The van der Waals surface area contributed by atoms with Crippen molar-refractivity contribution in [1.82, 2.24) is 29.9 Å². The van der Waals surface area contributed by atoms with E-state index in [1.165, 1.54) is 0 Å². The minimum Gasteiger partial charge on any atom is -0.256 e. The molecule has 0 aliphatic rings. The van der Waals surface area contributed by atoms with Crippen LogP contribution in [0.5, 0.6) is 0 Å². The van der Waals surface area contributed by atoms with Crippen LogP contribution >= 0.6 is 11.3 Å². The first-order chi connectivity index (χ1) is 20.3. The van der Waals surface area contributed by atoms with E-state index in [0.29, 0.717) is 0 Å². The number of thiophene rings is 1. The lowest BCUT2D eigenvalue weighted by molar-refractivity contribution is 1.25. The van der Waals surface area contributed by atoms with Gasteiger partial charge < -0.3 is 0 Å². The van der Waals surface area contributed by atoms with Crippen LogP contribution in [-0.4, -0.2) is 29.9 Å². The van der Waals surface area contributed by atoms with Crippen molar-refractivity contribution in [3.63, 3.8) is 0 Å². The van der Waals surface area contributed by atoms with Crippen molar-refractivity contribution < 1.29 is 0 Å². The molecule has 0 saturated heterocycles. The van der Waals surface area contributed by atoms with E-state index in [1.54, 1.807) is 23.7 Å². The van der Waals surface area contributed by atoms with E-state index in [2.05, 4.69) is 22.1 Å². The minimum absolute atomic E-state index is 0.824. The summed E-state index contributed by atoms with van der Waals surface area (Å²) in [5.74, 6) is 0. The largest absolute Gasteiger partial charge is 0.256 e. The highest BCUT2D eigenvalue weighted by Crippen LogP contribution is 2.51. The molecule has 0 saturated carbocycles. The molecule has 0 aliphatic heterocycles. The summed E-state index contributed by atoms with van der Waals surface area (Å²) in [4.78, 5) is 30.1. The van der Waals surface area contributed by atoms with Crippen molar-refractivity contribution in [3.05, 3.63) is 134 Å². The van der Waals surface area contributed by atoms with Crippen LogP contribution in [0, 0.1) is 0 Å². The van der Waals surface area contributed by atoms with Gasteiger partial charge in [0.2, 0.25) is 0 Å². The normalized spacial score (nSPS) is 10.9. The van der Waals surface area contributed by atoms with Crippen LogP contribution in [0.2, 0.25) is 0 Å². The zero-order chi connectivity index (χ0) is 27.4. The van der Waals surface area contributed by atoms with E-state index < -0.39 is 0 Å². The monoisotopic (exact) mass is 546 g/mol. The van der Waals surface area contributed by atoms with Gasteiger partial charge in [0, 0.05) is 69.2 Å². The Kier molecular flexibility index (Phi) is 6.61. The van der Waals surface area contributed by atoms with E-state index in [9.17, 15) is 0 Å². The molecule has 7 aromatic rings. The molecule has 41 heavy (non-hydrogen) atoms. The van der Waals surface area contributed by atoms with E-state index in [-0.39, 0.29) is 0 Å². The van der Waals surface area contributed by atoms with Gasteiger partial charge in [-0.05, 0) is 72.8 Å². The number of nitrogens with zero attached hydrogens (tertiary/aromatic N) is 6. The average molecular weight is 547 g/mol. The van der Waals surface area contributed by atoms with E-state index in [4.69, 9.17) is 19.9 Å². The van der Waals surface area contributed by atoms with Gasteiger partial charge in [-0.15, -0.1) is 11.3 Å². The zero-order valence-corrected chi connectivity index (χ0v) is 22.6. The Balaban J connectivity index is 1.43. The zero-order valence-electron chi connectivity index (χ0n) is 21.8. The van der Waals surface area contributed by atoms with Crippen molar-refractivity contribution >= 4 is 11.3 Å². The molecular formula is C34H22N6S. The predicted molar refractivity (Wildman–Crippen MR) is 164 cm³/mol. The molecule has 0 unspecified atom stereocenters. The molecule has 0 amide bonds. The third kappa shape index (κ3) is 4.90. The van der Waals surface area contributed by atoms with Crippen LogP contribution in [0.15, 0.2) is 134 Å². The quantitative estimate of drug-likeness (QED) is 0.210. The van der Waals surface area contributed by atoms with Crippen molar-refractivity contribution in [2.24, 2.45) is 0 Å². The fraction of sp³-hybridized carbons (Fsp3) is 0. The van der Waals surface area contributed by atoms with Crippen molar-refractivity contribution in [2.75, 3.05) is 0 Å². The Bertz CT molecular complexity index is 1750. The molecule has 0 bridgehead atoms. The Hall–Kier alpha value is -5.40. The average Bonchev–Trinajstić information content (AvgIpc) is 3.47. The van der Waals surface area contributed by atoms with Crippen LogP contribution in [0.1, 0.15) is 0 Å². The molecule has 0 aliphatic carbocycles. The third-order valence-corrected chi connectivity index (χ3v) is 7.94. The van der Waals surface area contributed by atoms with E-state index in [1.807, 2.05) is 110 Å². The van der Waals surface area contributed by atoms with Crippen LogP contribution in [0.25, 0.3) is 66.2 Å². The van der Waals surface area contributed by atoms with Gasteiger partial charge in [0.25, 0.3) is 0 Å². The lowest BCUT2D eigenvalue weighted by Crippen LogP contribution is -1.91. The smallest absolute Gasteiger partial charge is 0.0886 e. The Labute approximate surface area is 241 Å². The number of rotatable bonds is 6. The number of aromatic nitrogens is 6. The predicted octanol–water partition coefficient (Wildman–Crippen LogP) is 8.12. The molecule has 0 fully saturated rings. The summed E-state index contributed by atoms with van der Waals surface area (Å²) in [6, 6.07) is 31.9. The van der Waals surface area contributed by atoms with E-state index in [0.717, 1.165) is 66.2 Å². The van der Waals surface area contributed by atoms with Gasteiger partial charge >= 0.3 is 0 Å². The number of hydrogen-bond donors (Lipinski definition) is 0. The first kappa shape index (κ1) is 24.6. The molecule has 0 aromatic carbocycles. The van der Waals surface area contributed by atoms with Gasteiger partial charge in [-0.2, -0.15) is 0 Å². The van der Waals surface area contributed by atoms with Crippen LogP contribution < -0.4 is 0 Å². The second-order valence-corrected chi connectivity index (χ2v) is 10.3. The number of hydrogen-bond acceptors (Lipinski definition) is 7. The summed E-state index contributed by atoms with van der Waals surface area (Å²) in [5.41, 5.74) is 9.10. The highest BCUT2D eigenvalue weighted by molar-refractivity contribution is 7.20.